The molecule has 3 aromatic rings. The van der Waals surface area contributed by atoms with Gasteiger partial charge in [-0.1, -0.05) is 18.2 Å². The minimum atomic E-state index is -0.457. The number of tetrazole rings is 1. The van der Waals surface area contributed by atoms with Gasteiger partial charge in [-0.05, 0) is 54.1 Å². The number of hydrogen-bond donors (Lipinski definition) is 1. The van der Waals surface area contributed by atoms with Gasteiger partial charge in [-0.25, -0.2) is 0 Å². The topological polar surface area (TPSA) is 102 Å². The smallest absolute Gasteiger partial charge is 0.229 e. The molecule has 1 aliphatic heterocycles. The second-order valence-electron chi connectivity index (χ2n) is 7.21. The van der Waals surface area contributed by atoms with Gasteiger partial charge in [-0.15, -0.1) is 5.10 Å². The lowest BCUT2D eigenvalue weighted by Crippen LogP contribution is -2.28. The van der Waals surface area contributed by atoms with Gasteiger partial charge in [0.2, 0.25) is 11.8 Å². The maximum absolute atomic E-state index is 12.9. The van der Waals surface area contributed by atoms with Crippen molar-refractivity contribution in [2.45, 2.75) is 20.3 Å². The van der Waals surface area contributed by atoms with E-state index in [0.717, 1.165) is 11.3 Å². The summed E-state index contributed by atoms with van der Waals surface area (Å²) in [6.45, 7) is 4.06. The zero-order chi connectivity index (χ0) is 21.3. The van der Waals surface area contributed by atoms with E-state index < -0.39 is 5.92 Å². The Morgan fingerprint density at radius 2 is 1.97 bits per heavy atom. The summed E-state index contributed by atoms with van der Waals surface area (Å²) in [6, 6.07) is 12.8. The van der Waals surface area contributed by atoms with Gasteiger partial charge in [0.25, 0.3) is 0 Å². The highest BCUT2D eigenvalue weighted by Gasteiger charge is 2.36. The van der Waals surface area contributed by atoms with Crippen LogP contribution in [-0.4, -0.2) is 45.7 Å². The first-order valence-corrected chi connectivity index (χ1v) is 9.58. The van der Waals surface area contributed by atoms with E-state index in [1.165, 1.54) is 0 Å². The molecular formula is C21H22N6O3. The molecule has 1 fully saturated rings. The molecule has 154 valence electrons. The average Bonchev–Trinajstić information content (AvgIpc) is 3.35. The van der Waals surface area contributed by atoms with Gasteiger partial charge in [-0.3, -0.25) is 9.59 Å². The van der Waals surface area contributed by atoms with Crippen LogP contribution in [0.2, 0.25) is 0 Å². The number of benzene rings is 2. The van der Waals surface area contributed by atoms with Crippen LogP contribution in [0.3, 0.4) is 0 Å². The molecule has 0 spiro atoms. The third-order valence-electron chi connectivity index (χ3n) is 5.20. The zero-order valence-electron chi connectivity index (χ0n) is 17.0. The van der Waals surface area contributed by atoms with E-state index >= 15 is 0 Å². The highest BCUT2D eigenvalue weighted by molar-refractivity contribution is 6.04. The van der Waals surface area contributed by atoms with Gasteiger partial charge in [-0.2, -0.15) is 4.68 Å². The van der Waals surface area contributed by atoms with Crippen LogP contribution in [0.15, 0.2) is 42.5 Å². The lowest BCUT2D eigenvalue weighted by molar-refractivity contribution is -0.122. The molecule has 1 atom stereocenters. The second-order valence-corrected chi connectivity index (χ2v) is 7.21. The monoisotopic (exact) mass is 406 g/mol. The van der Waals surface area contributed by atoms with Gasteiger partial charge >= 0.3 is 0 Å². The molecule has 9 heteroatoms. The standard InChI is InChI=1S/C21H22N6O3/c1-13-8-9-16(11-18(13)27-14(2)23-24-25-27)22-21(29)15-10-20(28)26(12-15)17-6-4-5-7-19(17)30-3/h4-9,11,15H,10,12H2,1-3H3,(H,22,29). The van der Waals surface area contributed by atoms with E-state index in [1.807, 2.05) is 43.3 Å². The fraction of sp³-hybridized carbons (Fsp3) is 0.286. The van der Waals surface area contributed by atoms with Crippen LogP contribution in [0.25, 0.3) is 5.69 Å². The maximum atomic E-state index is 12.9. The maximum Gasteiger partial charge on any atom is 0.229 e. The predicted octanol–water partition coefficient (Wildman–Crippen LogP) is 2.28. The summed E-state index contributed by atoms with van der Waals surface area (Å²) in [5, 5.41) is 14.5. The molecule has 0 radical (unpaired) electrons. The van der Waals surface area contributed by atoms with Gasteiger partial charge in [0.15, 0.2) is 5.82 Å². The number of amides is 2. The lowest BCUT2D eigenvalue weighted by Gasteiger charge is -2.19. The number of hydrogen-bond acceptors (Lipinski definition) is 6. The Labute approximate surface area is 173 Å². The van der Waals surface area contributed by atoms with E-state index in [-0.39, 0.29) is 18.2 Å². The van der Waals surface area contributed by atoms with Crippen molar-refractivity contribution in [3.05, 3.63) is 53.9 Å². The molecule has 2 amide bonds. The average molecular weight is 406 g/mol. The number of nitrogens with one attached hydrogen (secondary N) is 1. The predicted molar refractivity (Wildman–Crippen MR) is 111 cm³/mol. The minimum absolute atomic E-state index is 0.103. The molecule has 9 nitrogen and oxygen atoms in total. The number of nitrogens with zero attached hydrogens (tertiary/aromatic N) is 5. The summed E-state index contributed by atoms with van der Waals surface area (Å²) in [4.78, 5) is 27.0. The fourth-order valence-corrected chi connectivity index (χ4v) is 3.58. The Morgan fingerprint density at radius 3 is 2.70 bits per heavy atom. The molecule has 0 aliphatic carbocycles. The molecule has 0 saturated carbocycles. The summed E-state index contributed by atoms with van der Waals surface area (Å²) in [7, 11) is 1.56. The third kappa shape index (κ3) is 3.61. The van der Waals surface area contributed by atoms with Gasteiger partial charge in [0.05, 0.1) is 24.4 Å². The SMILES string of the molecule is COc1ccccc1N1CC(C(=O)Nc2ccc(C)c(-n3nnnc3C)c2)CC1=O. The fourth-order valence-electron chi connectivity index (χ4n) is 3.58. The molecule has 1 aromatic heterocycles. The van der Waals surface area contributed by atoms with Crippen molar-refractivity contribution in [1.82, 2.24) is 20.2 Å². The van der Waals surface area contributed by atoms with Crippen molar-refractivity contribution in [2.75, 3.05) is 23.9 Å². The van der Waals surface area contributed by atoms with Crippen molar-refractivity contribution < 1.29 is 14.3 Å². The van der Waals surface area contributed by atoms with Crippen LogP contribution in [-0.2, 0) is 9.59 Å². The number of rotatable bonds is 5. The first-order chi connectivity index (χ1) is 14.5. The van der Waals surface area contributed by atoms with Gasteiger partial charge < -0.3 is 15.0 Å². The molecule has 1 saturated heterocycles. The van der Waals surface area contributed by atoms with Crippen molar-refractivity contribution >= 4 is 23.2 Å². The van der Waals surface area contributed by atoms with Crippen LogP contribution < -0.4 is 15.0 Å². The van der Waals surface area contributed by atoms with Crippen LogP contribution in [0, 0.1) is 19.8 Å². The summed E-state index contributed by atoms with van der Waals surface area (Å²) in [5.41, 5.74) is 3.06. The minimum Gasteiger partial charge on any atom is -0.495 e. The van der Waals surface area contributed by atoms with Crippen LogP contribution in [0.5, 0.6) is 5.75 Å². The highest BCUT2D eigenvalue weighted by atomic mass is 16.5. The molecule has 1 aliphatic rings. The molecule has 4 rings (SSSR count). The lowest BCUT2D eigenvalue weighted by atomic mass is 10.1. The summed E-state index contributed by atoms with van der Waals surface area (Å²) in [5.74, 6) is 0.488. The van der Waals surface area contributed by atoms with E-state index in [4.69, 9.17) is 4.74 Å². The molecule has 30 heavy (non-hydrogen) atoms. The number of methoxy groups -OCH3 is 1. The highest BCUT2D eigenvalue weighted by Crippen LogP contribution is 2.33. The number of aromatic nitrogens is 4. The van der Waals surface area contributed by atoms with Crippen molar-refractivity contribution in [2.24, 2.45) is 5.92 Å². The molecule has 2 heterocycles. The molecule has 1 unspecified atom stereocenters. The molecule has 2 aromatic carbocycles. The number of anilines is 2. The van der Waals surface area contributed by atoms with E-state index in [2.05, 4.69) is 20.8 Å². The summed E-state index contributed by atoms with van der Waals surface area (Å²) < 4.78 is 6.97. The van der Waals surface area contributed by atoms with Crippen LogP contribution in [0.4, 0.5) is 11.4 Å². The number of para-hydroxylation sites is 2. The second kappa shape index (κ2) is 7.94. The number of carbonyl (C=O) groups is 2. The molecule has 1 N–H and O–H groups in total. The van der Waals surface area contributed by atoms with Crippen molar-refractivity contribution in [3.63, 3.8) is 0 Å². The first-order valence-electron chi connectivity index (χ1n) is 9.58. The Hall–Kier alpha value is -3.75. The largest absolute Gasteiger partial charge is 0.495 e. The van der Waals surface area contributed by atoms with Crippen molar-refractivity contribution in [1.29, 1.82) is 0 Å². The summed E-state index contributed by atoms with van der Waals surface area (Å²) in [6.07, 6.45) is 0.148. The van der Waals surface area contributed by atoms with E-state index in [9.17, 15) is 9.59 Å². The quantitative estimate of drug-likeness (QED) is 0.697. The van der Waals surface area contributed by atoms with Crippen LogP contribution >= 0.6 is 0 Å². The Balaban J connectivity index is 1.51. The zero-order valence-corrected chi connectivity index (χ0v) is 17.0. The van der Waals surface area contributed by atoms with E-state index in [0.29, 0.717) is 29.5 Å². The number of carbonyl (C=O) groups excluding carboxylic acids is 2. The Morgan fingerprint density at radius 1 is 1.17 bits per heavy atom. The number of ether oxygens (including phenoxy) is 1. The number of aryl methyl sites for hydroxylation is 2. The Bertz CT molecular complexity index is 1110. The van der Waals surface area contributed by atoms with Crippen LogP contribution in [0.1, 0.15) is 17.8 Å². The Kier molecular flexibility index (Phi) is 5.18. The normalized spacial score (nSPS) is 16.0. The van der Waals surface area contributed by atoms with Crippen molar-refractivity contribution in [3.8, 4) is 11.4 Å². The molecule has 0 bridgehead atoms. The summed E-state index contributed by atoms with van der Waals surface area (Å²) >= 11 is 0. The van der Waals surface area contributed by atoms with Gasteiger partial charge in [0, 0.05) is 18.7 Å². The van der Waals surface area contributed by atoms with E-state index in [1.54, 1.807) is 29.7 Å². The first kappa shape index (κ1) is 19.6. The third-order valence-corrected chi connectivity index (χ3v) is 5.20. The molecular weight excluding hydrogens is 384 g/mol. The van der Waals surface area contributed by atoms with Gasteiger partial charge in [0.1, 0.15) is 5.75 Å².